The predicted molar refractivity (Wildman–Crippen MR) is 64.0 cm³/mol. The van der Waals surface area contributed by atoms with Gasteiger partial charge < -0.3 is 5.11 Å². The van der Waals surface area contributed by atoms with E-state index in [1.165, 1.54) is 12.1 Å². The Morgan fingerprint density at radius 3 is 2.62 bits per heavy atom. The summed E-state index contributed by atoms with van der Waals surface area (Å²) in [5.41, 5.74) is 0.880. The van der Waals surface area contributed by atoms with Gasteiger partial charge in [-0.1, -0.05) is 17.7 Å². The van der Waals surface area contributed by atoms with Gasteiger partial charge in [-0.15, -0.1) is 0 Å². The highest BCUT2D eigenvalue weighted by molar-refractivity contribution is 6.31. The lowest BCUT2D eigenvalue weighted by atomic mass is 10.2. The zero-order valence-electron chi connectivity index (χ0n) is 9.58. The molecule has 0 radical (unpaired) electrons. The molecule has 0 aliphatic heterocycles. The monoisotopic (exact) mass is 245 g/mol. The molecule has 1 rings (SSSR count). The van der Waals surface area contributed by atoms with Crippen LogP contribution in [0.4, 0.5) is 4.39 Å². The summed E-state index contributed by atoms with van der Waals surface area (Å²) in [4.78, 5) is 2.08. The number of rotatable bonds is 5. The van der Waals surface area contributed by atoms with Gasteiger partial charge in [0.1, 0.15) is 5.82 Å². The van der Waals surface area contributed by atoms with Crippen molar-refractivity contribution >= 4 is 11.6 Å². The first-order chi connectivity index (χ1) is 7.54. The second-order valence-electron chi connectivity index (χ2n) is 4.02. The van der Waals surface area contributed by atoms with Crippen molar-refractivity contribution in [2.45, 2.75) is 26.4 Å². The summed E-state index contributed by atoms with van der Waals surface area (Å²) >= 11 is 5.95. The molecule has 2 nitrogen and oxygen atoms in total. The van der Waals surface area contributed by atoms with Gasteiger partial charge in [0.2, 0.25) is 0 Å². The van der Waals surface area contributed by atoms with Crippen LogP contribution in [-0.2, 0) is 6.54 Å². The number of halogens is 2. The summed E-state index contributed by atoms with van der Waals surface area (Å²) < 4.78 is 12.9. The molecule has 0 amide bonds. The summed E-state index contributed by atoms with van der Waals surface area (Å²) in [5, 5.41) is 9.38. The van der Waals surface area contributed by atoms with Crippen LogP contribution in [0.1, 0.15) is 19.4 Å². The molecule has 4 heteroatoms. The van der Waals surface area contributed by atoms with Gasteiger partial charge >= 0.3 is 0 Å². The van der Waals surface area contributed by atoms with Crippen molar-refractivity contribution in [2.75, 3.05) is 13.2 Å². The number of aliphatic hydroxyl groups is 1. The predicted octanol–water partition coefficient (Wildman–Crippen LogP) is 2.68. The van der Waals surface area contributed by atoms with Gasteiger partial charge in [0.25, 0.3) is 0 Å². The Kier molecular flexibility index (Phi) is 5.19. The molecule has 90 valence electrons. The van der Waals surface area contributed by atoms with Crippen LogP contribution in [-0.4, -0.2) is 29.2 Å². The maximum atomic E-state index is 12.9. The van der Waals surface area contributed by atoms with E-state index in [2.05, 4.69) is 4.90 Å². The molecule has 0 aliphatic carbocycles. The molecule has 0 spiro atoms. The Labute approximate surface area is 101 Å². The Balaban J connectivity index is 2.77. The van der Waals surface area contributed by atoms with Gasteiger partial charge in [0, 0.05) is 24.2 Å². The number of aliphatic hydroxyl groups excluding tert-OH is 1. The normalized spacial score (nSPS) is 11.4. The number of nitrogens with zero attached hydrogens (tertiary/aromatic N) is 1. The molecular formula is C12H17ClFNO. The maximum Gasteiger partial charge on any atom is 0.124 e. The van der Waals surface area contributed by atoms with Gasteiger partial charge in [0.15, 0.2) is 0 Å². The molecule has 0 bridgehead atoms. The van der Waals surface area contributed by atoms with Gasteiger partial charge in [0.05, 0.1) is 6.61 Å². The van der Waals surface area contributed by atoms with E-state index in [4.69, 9.17) is 16.7 Å². The Bertz CT molecular complexity index is 344. The van der Waals surface area contributed by atoms with Crippen LogP contribution in [0.25, 0.3) is 0 Å². The zero-order valence-corrected chi connectivity index (χ0v) is 10.3. The van der Waals surface area contributed by atoms with E-state index in [9.17, 15) is 4.39 Å². The van der Waals surface area contributed by atoms with Crippen molar-refractivity contribution in [3.63, 3.8) is 0 Å². The number of benzene rings is 1. The fourth-order valence-corrected chi connectivity index (χ4v) is 1.74. The van der Waals surface area contributed by atoms with Crippen LogP contribution in [0.15, 0.2) is 18.2 Å². The molecule has 0 atom stereocenters. The van der Waals surface area contributed by atoms with Crippen LogP contribution in [0.2, 0.25) is 5.02 Å². The van der Waals surface area contributed by atoms with E-state index < -0.39 is 0 Å². The molecule has 0 unspecified atom stereocenters. The summed E-state index contributed by atoms with van der Waals surface area (Å²) in [6.45, 7) is 5.42. The van der Waals surface area contributed by atoms with Crippen molar-refractivity contribution in [2.24, 2.45) is 0 Å². The van der Waals surface area contributed by atoms with Gasteiger partial charge in [-0.25, -0.2) is 4.39 Å². The fourth-order valence-electron chi connectivity index (χ4n) is 1.52. The second-order valence-corrected chi connectivity index (χ2v) is 4.43. The number of hydrogen-bond donors (Lipinski definition) is 1. The van der Waals surface area contributed by atoms with E-state index in [0.717, 1.165) is 5.56 Å². The van der Waals surface area contributed by atoms with E-state index in [-0.39, 0.29) is 12.4 Å². The topological polar surface area (TPSA) is 23.5 Å². The minimum absolute atomic E-state index is 0.108. The van der Waals surface area contributed by atoms with Crippen molar-refractivity contribution in [1.29, 1.82) is 0 Å². The highest BCUT2D eigenvalue weighted by Crippen LogP contribution is 2.19. The Morgan fingerprint density at radius 1 is 1.44 bits per heavy atom. The molecule has 0 heterocycles. The average Bonchev–Trinajstić information content (AvgIpc) is 2.20. The summed E-state index contributed by atoms with van der Waals surface area (Å²) in [5.74, 6) is -0.327. The summed E-state index contributed by atoms with van der Waals surface area (Å²) in [6, 6.07) is 4.71. The Hall–Kier alpha value is -0.640. The van der Waals surface area contributed by atoms with Gasteiger partial charge in [-0.05, 0) is 31.5 Å². The molecule has 0 saturated carbocycles. The lowest BCUT2D eigenvalue weighted by Gasteiger charge is -2.25. The van der Waals surface area contributed by atoms with Crippen LogP contribution >= 0.6 is 11.6 Å². The van der Waals surface area contributed by atoms with Crippen molar-refractivity contribution in [3.8, 4) is 0 Å². The molecule has 1 N–H and O–H groups in total. The van der Waals surface area contributed by atoms with E-state index in [0.29, 0.717) is 24.2 Å². The van der Waals surface area contributed by atoms with E-state index >= 15 is 0 Å². The smallest absolute Gasteiger partial charge is 0.124 e. The summed E-state index contributed by atoms with van der Waals surface area (Å²) in [6.07, 6.45) is 0. The van der Waals surface area contributed by atoms with Gasteiger partial charge in [-0.2, -0.15) is 0 Å². The third-order valence-corrected chi connectivity index (χ3v) is 2.86. The largest absolute Gasteiger partial charge is 0.395 e. The lowest BCUT2D eigenvalue weighted by molar-refractivity contribution is 0.159. The fraction of sp³-hybridized carbons (Fsp3) is 0.500. The van der Waals surface area contributed by atoms with Crippen molar-refractivity contribution in [3.05, 3.63) is 34.6 Å². The highest BCUT2D eigenvalue weighted by atomic mass is 35.5. The first-order valence-electron chi connectivity index (χ1n) is 5.33. The van der Waals surface area contributed by atoms with E-state index in [1.807, 2.05) is 13.8 Å². The quantitative estimate of drug-likeness (QED) is 0.862. The lowest BCUT2D eigenvalue weighted by Crippen LogP contribution is -2.33. The molecule has 1 aromatic rings. The van der Waals surface area contributed by atoms with Crippen LogP contribution < -0.4 is 0 Å². The highest BCUT2D eigenvalue weighted by Gasteiger charge is 2.11. The molecule has 0 fully saturated rings. The molecule has 0 aliphatic rings. The van der Waals surface area contributed by atoms with E-state index in [1.54, 1.807) is 6.07 Å². The number of hydrogen-bond acceptors (Lipinski definition) is 2. The van der Waals surface area contributed by atoms with Crippen LogP contribution in [0, 0.1) is 5.82 Å². The third kappa shape index (κ3) is 3.74. The molecular weight excluding hydrogens is 229 g/mol. The van der Waals surface area contributed by atoms with Crippen LogP contribution in [0.3, 0.4) is 0 Å². The average molecular weight is 246 g/mol. The standard InChI is InChI=1S/C12H17ClFNO/c1-9(2)15(5-6-16)8-10-3-4-11(14)7-12(10)13/h3-4,7,9,16H,5-6,8H2,1-2H3. The molecule has 1 aromatic carbocycles. The van der Waals surface area contributed by atoms with Gasteiger partial charge in [-0.3, -0.25) is 4.90 Å². The molecule has 0 aromatic heterocycles. The summed E-state index contributed by atoms with van der Waals surface area (Å²) in [7, 11) is 0. The Morgan fingerprint density at radius 2 is 2.12 bits per heavy atom. The minimum atomic E-state index is -0.327. The maximum absolute atomic E-state index is 12.9. The molecule has 0 saturated heterocycles. The van der Waals surface area contributed by atoms with Crippen LogP contribution in [0.5, 0.6) is 0 Å². The minimum Gasteiger partial charge on any atom is -0.395 e. The first-order valence-corrected chi connectivity index (χ1v) is 5.71. The molecule has 16 heavy (non-hydrogen) atoms. The second kappa shape index (κ2) is 6.18. The third-order valence-electron chi connectivity index (χ3n) is 2.51. The SMILES string of the molecule is CC(C)N(CCO)Cc1ccc(F)cc1Cl. The zero-order chi connectivity index (χ0) is 12.1. The first kappa shape index (κ1) is 13.4. The van der Waals surface area contributed by atoms with Crippen molar-refractivity contribution in [1.82, 2.24) is 4.90 Å². The van der Waals surface area contributed by atoms with Crippen molar-refractivity contribution < 1.29 is 9.50 Å².